The van der Waals surface area contributed by atoms with Crippen LogP contribution in [-0.2, 0) is 21.2 Å². The number of amides is 1. The highest BCUT2D eigenvalue weighted by atomic mass is 32.2. The van der Waals surface area contributed by atoms with Crippen LogP contribution in [0.15, 0.2) is 54.6 Å². The van der Waals surface area contributed by atoms with Crippen LogP contribution in [-0.4, -0.2) is 38.0 Å². The summed E-state index contributed by atoms with van der Waals surface area (Å²) in [7, 11) is -3.51. The van der Waals surface area contributed by atoms with Crippen LogP contribution in [0.25, 0.3) is 0 Å². The van der Waals surface area contributed by atoms with Gasteiger partial charge in [0.15, 0.2) is 0 Å². The zero-order chi connectivity index (χ0) is 19.2. The molecule has 0 saturated heterocycles. The number of nitrogens with zero attached hydrogens (tertiary/aromatic N) is 1. The molecule has 5 nitrogen and oxygen atoms in total. The van der Waals surface area contributed by atoms with Crippen LogP contribution in [0.4, 0.5) is 4.39 Å². The van der Waals surface area contributed by atoms with Crippen LogP contribution in [0.5, 0.6) is 0 Å². The Hall–Kier alpha value is -2.25. The summed E-state index contributed by atoms with van der Waals surface area (Å²) in [5.41, 5.74) is 1.75. The second-order valence-electron chi connectivity index (χ2n) is 6.17. The standard InChI is InChI=1S/C19H23FN2O3S/c1-15(17-8-10-18(20)11-9-17)21-19(23)14-22(26(2,24)25)13-12-16-6-4-3-5-7-16/h3-11,15H,12-14H2,1-2H3,(H,21,23). The van der Waals surface area contributed by atoms with Crippen LogP contribution in [0.2, 0.25) is 0 Å². The molecule has 0 bridgehead atoms. The summed E-state index contributed by atoms with van der Waals surface area (Å²) < 4.78 is 38.1. The molecule has 1 amide bonds. The lowest BCUT2D eigenvalue weighted by Gasteiger charge is -2.21. The van der Waals surface area contributed by atoms with Crippen molar-refractivity contribution < 1.29 is 17.6 Å². The van der Waals surface area contributed by atoms with Gasteiger partial charge in [0.1, 0.15) is 5.82 Å². The molecule has 0 radical (unpaired) electrons. The molecule has 0 aliphatic carbocycles. The molecule has 0 aliphatic heterocycles. The van der Waals surface area contributed by atoms with Gasteiger partial charge >= 0.3 is 0 Å². The Labute approximate surface area is 153 Å². The fraction of sp³-hybridized carbons (Fsp3) is 0.316. The van der Waals surface area contributed by atoms with E-state index in [1.807, 2.05) is 30.3 Å². The number of hydrogen-bond acceptors (Lipinski definition) is 3. The topological polar surface area (TPSA) is 66.5 Å². The molecular formula is C19H23FN2O3S. The van der Waals surface area contributed by atoms with Crippen molar-refractivity contribution in [2.45, 2.75) is 19.4 Å². The highest BCUT2D eigenvalue weighted by molar-refractivity contribution is 7.88. The summed E-state index contributed by atoms with van der Waals surface area (Å²) in [5.74, 6) is -0.753. The number of halogens is 1. The van der Waals surface area contributed by atoms with Gasteiger partial charge in [-0.1, -0.05) is 42.5 Å². The van der Waals surface area contributed by atoms with E-state index >= 15 is 0 Å². The molecule has 0 saturated carbocycles. The first-order valence-corrected chi connectivity index (χ1v) is 10.1. The van der Waals surface area contributed by atoms with Gasteiger partial charge in [0.25, 0.3) is 0 Å². The van der Waals surface area contributed by atoms with E-state index in [0.717, 1.165) is 21.7 Å². The maximum absolute atomic E-state index is 13.0. The summed E-state index contributed by atoms with van der Waals surface area (Å²) in [5, 5.41) is 2.75. The van der Waals surface area contributed by atoms with Crippen LogP contribution in [0, 0.1) is 5.82 Å². The van der Waals surface area contributed by atoms with Crippen molar-refractivity contribution in [3.63, 3.8) is 0 Å². The molecular weight excluding hydrogens is 355 g/mol. The molecule has 0 aromatic heterocycles. The normalized spacial score (nSPS) is 12.8. The molecule has 2 aromatic rings. The number of benzene rings is 2. The van der Waals surface area contributed by atoms with Gasteiger partial charge in [-0.25, -0.2) is 12.8 Å². The van der Waals surface area contributed by atoms with Crippen molar-refractivity contribution in [1.29, 1.82) is 0 Å². The van der Waals surface area contributed by atoms with Crippen molar-refractivity contribution in [2.75, 3.05) is 19.3 Å². The van der Waals surface area contributed by atoms with Crippen molar-refractivity contribution >= 4 is 15.9 Å². The zero-order valence-corrected chi connectivity index (χ0v) is 15.7. The van der Waals surface area contributed by atoms with Crippen molar-refractivity contribution in [3.8, 4) is 0 Å². The summed E-state index contributed by atoms with van der Waals surface area (Å²) in [4.78, 5) is 12.3. The van der Waals surface area contributed by atoms with E-state index in [9.17, 15) is 17.6 Å². The molecule has 2 aromatic carbocycles. The fourth-order valence-corrected chi connectivity index (χ4v) is 3.32. The molecule has 0 heterocycles. The Morgan fingerprint density at radius 2 is 1.73 bits per heavy atom. The second kappa shape index (κ2) is 8.91. The maximum atomic E-state index is 13.0. The number of sulfonamides is 1. The third-order valence-electron chi connectivity index (χ3n) is 4.03. The number of carbonyl (C=O) groups excluding carboxylic acids is 1. The molecule has 1 unspecified atom stereocenters. The predicted octanol–water partition coefficient (Wildman–Crippen LogP) is 2.51. The van der Waals surface area contributed by atoms with E-state index in [-0.39, 0.29) is 24.9 Å². The van der Waals surface area contributed by atoms with Crippen molar-refractivity contribution in [1.82, 2.24) is 9.62 Å². The average Bonchev–Trinajstić information content (AvgIpc) is 2.59. The number of hydrogen-bond donors (Lipinski definition) is 1. The first-order valence-electron chi connectivity index (χ1n) is 8.29. The number of carbonyl (C=O) groups is 1. The van der Waals surface area contributed by atoms with E-state index in [2.05, 4.69) is 5.32 Å². The molecule has 26 heavy (non-hydrogen) atoms. The highest BCUT2D eigenvalue weighted by Crippen LogP contribution is 2.13. The zero-order valence-electron chi connectivity index (χ0n) is 14.9. The minimum Gasteiger partial charge on any atom is -0.348 e. The summed E-state index contributed by atoms with van der Waals surface area (Å²) in [6, 6.07) is 15.0. The third kappa shape index (κ3) is 6.24. The molecule has 0 aliphatic rings. The Balaban J connectivity index is 1.96. The third-order valence-corrected chi connectivity index (χ3v) is 5.28. The molecule has 7 heteroatoms. The van der Waals surface area contributed by atoms with Crippen LogP contribution in [0.1, 0.15) is 24.1 Å². The quantitative estimate of drug-likeness (QED) is 0.768. The van der Waals surface area contributed by atoms with Gasteiger partial charge < -0.3 is 5.32 Å². The highest BCUT2D eigenvalue weighted by Gasteiger charge is 2.21. The van der Waals surface area contributed by atoms with Crippen molar-refractivity contribution in [3.05, 3.63) is 71.5 Å². The fourth-order valence-electron chi connectivity index (χ4n) is 2.54. The summed E-state index contributed by atoms with van der Waals surface area (Å²) in [6.45, 7) is 1.73. The van der Waals surface area contributed by atoms with Gasteiger partial charge in [-0.2, -0.15) is 4.31 Å². The first kappa shape index (κ1) is 20.1. The van der Waals surface area contributed by atoms with Gasteiger partial charge in [0.05, 0.1) is 18.8 Å². The van der Waals surface area contributed by atoms with Gasteiger partial charge in [-0.3, -0.25) is 4.79 Å². The minimum atomic E-state index is -3.51. The minimum absolute atomic E-state index is 0.223. The van der Waals surface area contributed by atoms with Crippen molar-refractivity contribution in [2.24, 2.45) is 0 Å². The Kier molecular flexibility index (Phi) is 6.88. The smallest absolute Gasteiger partial charge is 0.235 e. The lowest BCUT2D eigenvalue weighted by Crippen LogP contribution is -2.41. The van der Waals surface area contributed by atoms with Gasteiger partial charge in [0, 0.05) is 6.54 Å². The molecule has 1 atom stereocenters. The molecule has 0 fully saturated rings. The predicted molar refractivity (Wildman–Crippen MR) is 99.5 cm³/mol. The molecule has 0 spiro atoms. The molecule has 140 valence electrons. The largest absolute Gasteiger partial charge is 0.348 e. The van der Waals surface area contributed by atoms with E-state index in [0.29, 0.717) is 6.42 Å². The Bertz CT molecular complexity index is 824. The summed E-state index contributed by atoms with van der Waals surface area (Å²) in [6.07, 6.45) is 1.61. The monoisotopic (exact) mass is 378 g/mol. The van der Waals surface area contributed by atoms with E-state index in [4.69, 9.17) is 0 Å². The molecule has 2 rings (SSSR count). The van der Waals surface area contributed by atoms with Gasteiger partial charge in [0.2, 0.25) is 15.9 Å². The van der Waals surface area contributed by atoms with Crippen LogP contribution < -0.4 is 5.32 Å². The second-order valence-corrected chi connectivity index (χ2v) is 8.16. The number of rotatable bonds is 8. The lowest BCUT2D eigenvalue weighted by atomic mass is 10.1. The SMILES string of the molecule is CC(NC(=O)CN(CCc1ccccc1)S(C)(=O)=O)c1ccc(F)cc1. The van der Waals surface area contributed by atoms with E-state index in [1.54, 1.807) is 19.1 Å². The van der Waals surface area contributed by atoms with E-state index < -0.39 is 15.9 Å². The lowest BCUT2D eigenvalue weighted by molar-refractivity contribution is -0.121. The van der Waals surface area contributed by atoms with Gasteiger partial charge in [-0.05, 0) is 36.6 Å². The van der Waals surface area contributed by atoms with Crippen LogP contribution >= 0.6 is 0 Å². The molecule has 1 N–H and O–H groups in total. The summed E-state index contributed by atoms with van der Waals surface area (Å²) >= 11 is 0. The first-order chi connectivity index (χ1) is 12.3. The number of nitrogens with one attached hydrogen (secondary N) is 1. The van der Waals surface area contributed by atoms with Gasteiger partial charge in [-0.15, -0.1) is 0 Å². The maximum Gasteiger partial charge on any atom is 0.235 e. The van der Waals surface area contributed by atoms with E-state index in [1.165, 1.54) is 12.1 Å². The average molecular weight is 378 g/mol. The Morgan fingerprint density at radius 1 is 1.12 bits per heavy atom. The Morgan fingerprint density at radius 3 is 2.31 bits per heavy atom. The van der Waals surface area contributed by atoms with Crippen LogP contribution in [0.3, 0.4) is 0 Å².